The molecular weight excluding hydrogens is 130 g/mol. The summed E-state index contributed by atoms with van der Waals surface area (Å²) in [5.41, 5.74) is 0. The van der Waals surface area contributed by atoms with Crippen molar-refractivity contribution in [1.82, 2.24) is 0 Å². The minimum Gasteiger partial charge on any atom is -0.481 e. The molecule has 1 fully saturated rings. The van der Waals surface area contributed by atoms with Crippen LogP contribution in [0.5, 0.6) is 0 Å². The van der Waals surface area contributed by atoms with E-state index >= 15 is 0 Å². The summed E-state index contributed by atoms with van der Waals surface area (Å²) in [5.74, 6) is -0.529. The van der Waals surface area contributed by atoms with Crippen molar-refractivity contribution >= 4 is 5.97 Å². The van der Waals surface area contributed by atoms with Gasteiger partial charge < -0.3 is 5.11 Å². The van der Waals surface area contributed by atoms with E-state index in [1.807, 2.05) is 6.07 Å². The van der Waals surface area contributed by atoms with Crippen LogP contribution in [0, 0.1) is 23.2 Å². The van der Waals surface area contributed by atoms with E-state index in [1.165, 1.54) is 0 Å². The van der Waals surface area contributed by atoms with Gasteiger partial charge in [0, 0.05) is 6.42 Å². The van der Waals surface area contributed by atoms with E-state index in [4.69, 9.17) is 10.4 Å². The smallest absolute Gasteiger partial charge is 0.306 e. The third-order valence-corrected chi connectivity index (χ3v) is 1.96. The van der Waals surface area contributed by atoms with Gasteiger partial charge in [0.2, 0.25) is 0 Å². The molecule has 0 saturated heterocycles. The van der Waals surface area contributed by atoms with Crippen molar-refractivity contribution in [3.8, 4) is 6.07 Å². The fraction of sp³-hybridized carbons (Fsp3) is 0.714. The predicted octanol–water partition coefficient (Wildman–Crippen LogP) is 1.01. The van der Waals surface area contributed by atoms with Gasteiger partial charge in [-0.05, 0) is 18.8 Å². The number of aliphatic carboxylic acids is 1. The highest BCUT2D eigenvalue weighted by molar-refractivity contribution is 5.71. The van der Waals surface area contributed by atoms with Gasteiger partial charge in [0.1, 0.15) is 0 Å². The molecule has 1 saturated carbocycles. The highest BCUT2D eigenvalue weighted by atomic mass is 16.4. The molecule has 54 valence electrons. The molecule has 0 radical (unpaired) electrons. The van der Waals surface area contributed by atoms with Crippen LogP contribution in [0.15, 0.2) is 0 Å². The SMILES string of the molecule is N#CCC1CC(C(=O)O)C1. The average Bonchev–Trinajstić information content (AvgIpc) is 1.76. The summed E-state index contributed by atoms with van der Waals surface area (Å²) >= 11 is 0. The molecule has 0 aliphatic heterocycles. The number of carboxylic acids is 1. The summed E-state index contributed by atoms with van der Waals surface area (Å²) in [6.07, 6.45) is 1.91. The first-order valence-corrected chi connectivity index (χ1v) is 3.33. The van der Waals surface area contributed by atoms with Gasteiger partial charge in [-0.25, -0.2) is 0 Å². The van der Waals surface area contributed by atoms with Gasteiger partial charge >= 0.3 is 5.97 Å². The molecule has 1 aliphatic rings. The summed E-state index contributed by atoms with van der Waals surface area (Å²) in [5, 5.41) is 16.7. The van der Waals surface area contributed by atoms with E-state index in [-0.39, 0.29) is 5.92 Å². The van der Waals surface area contributed by atoms with Crippen LogP contribution in [-0.2, 0) is 4.79 Å². The highest BCUT2D eigenvalue weighted by Gasteiger charge is 2.33. The second-order valence-electron chi connectivity index (χ2n) is 2.73. The maximum absolute atomic E-state index is 10.2. The largest absolute Gasteiger partial charge is 0.481 e. The predicted molar refractivity (Wildman–Crippen MR) is 34.1 cm³/mol. The van der Waals surface area contributed by atoms with E-state index in [2.05, 4.69) is 0 Å². The van der Waals surface area contributed by atoms with E-state index in [0.29, 0.717) is 25.2 Å². The van der Waals surface area contributed by atoms with Crippen molar-refractivity contribution < 1.29 is 9.90 Å². The van der Waals surface area contributed by atoms with Crippen LogP contribution in [0.25, 0.3) is 0 Å². The molecule has 0 aromatic heterocycles. The maximum atomic E-state index is 10.2. The standard InChI is InChI=1S/C7H9NO2/c8-2-1-5-3-6(4-5)7(9)10/h5-6H,1,3-4H2,(H,9,10). The van der Waals surface area contributed by atoms with Crippen LogP contribution >= 0.6 is 0 Å². The minimum absolute atomic E-state index is 0.168. The molecule has 3 nitrogen and oxygen atoms in total. The van der Waals surface area contributed by atoms with Gasteiger partial charge in [-0.15, -0.1) is 0 Å². The van der Waals surface area contributed by atoms with Crippen LogP contribution in [-0.4, -0.2) is 11.1 Å². The quantitative estimate of drug-likeness (QED) is 0.621. The summed E-state index contributed by atoms with van der Waals surface area (Å²) < 4.78 is 0. The molecule has 1 rings (SSSR count). The molecule has 0 unspecified atom stereocenters. The highest BCUT2D eigenvalue weighted by Crippen LogP contribution is 2.35. The van der Waals surface area contributed by atoms with E-state index in [9.17, 15) is 4.79 Å². The Morgan fingerprint density at radius 1 is 1.70 bits per heavy atom. The lowest BCUT2D eigenvalue weighted by Gasteiger charge is -2.30. The van der Waals surface area contributed by atoms with Crippen molar-refractivity contribution in [3.05, 3.63) is 0 Å². The van der Waals surface area contributed by atoms with E-state index in [1.54, 1.807) is 0 Å². The van der Waals surface area contributed by atoms with Gasteiger partial charge in [-0.1, -0.05) is 0 Å². The normalized spacial score (nSPS) is 30.3. The Bertz CT molecular complexity index is 177. The third kappa shape index (κ3) is 1.27. The van der Waals surface area contributed by atoms with Crippen molar-refractivity contribution in [2.24, 2.45) is 11.8 Å². The summed E-state index contributed by atoms with van der Waals surface area (Å²) in [4.78, 5) is 10.2. The molecule has 10 heavy (non-hydrogen) atoms. The van der Waals surface area contributed by atoms with Crippen molar-refractivity contribution in [1.29, 1.82) is 5.26 Å². The van der Waals surface area contributed by atoms with Crippen molar-refractivity contribution in [2.75, 3.05) is 0 Å². The number of nitrogens with zero attached hydrogens (tertiary/aromatic N) is 1. The first-order chi connectivity index (χ1) is 4.74. The molecule has 1 aliphatic carbocycles. The molecule has 1 N–H and O–H groups in total. The third-order valence-electron chi connectivity index (χ3n) is 1.96. The maximum Gasteiger partial charge on any atom is 0.306 e. The van der Waals surface area contributed by atoms with E-state index in [0.717, 1.165) is 0 Å². The molecule has 0 bridgehead atoms. The van der Waals surface area contributed by atoms with Gasteiger partial charge in [0.15, 0.2) is 0 Å². The van der Waals surface area contributed by atoms with Crippen LogP contribution in [0.1, 0.15) is 19.3 Å². The summed E-state index contributed by atoms with van der Waals surface area (Å²) in [7, 11) is 0. The second kappa shape index (κ2) is 2.70. The summed E-state index contributed by atoms with van der Waals surface area (Å²) in [6, 6.07) is 2.04. The Labute approximate surface area is 59.3 Å². The molecular formula is C7H9NO2. The zero-order chi connectivity index (χ0) is 7.56. The van der Waals surface area contributed by atoms with E-state index < -0.39 is 5.97 Å². The van der Waals surface area contributed by atoms with Crippen LogP contribution < -0.4 is 0 Å². The Morgan fingerprint density at radius 2 is 2.30 bits per heavy atom. The fourth-order valence-corrected chi connectivity index (χ4v) is 1.23. The molecule has 0 spiro atoms. The Hall–Kier alpha value is -1.04. The number of nitriles is 1. The van der Waals surface area contributed by atoms with Crippen molar-refractivity contribution in [2.45, 2.75) is 19.3 Å². The average molecular weight is 139 g/mol. The van der Waals surface area contributed by atoms with Gasteiger partial charge in [-0.3, -0.25) is 4.79 Å². The number of hydrogen-bond acceptors (Lipinski definition) is 2. The molecule has 0 aromatic rings. The Balaban J connectivity index is 2.19. The molecule has 0 atom stereocenters. The first-order valence-electron chi connectivity index (χ1n) is 3.33. The van der Waals surface area contributed by atoms with Gasteiger partial charge in [0.25, 0.3) is 0 Å². The minimum atomic E-state index is -0.714. The molecule has 0 amide bonds. The number of carboxylic acid groups (broad SMARTS) is 1. The lowest BCUT2D eigenvalue weighted by Crippen LogP contribution is -2.29. The number of hydrogen-bond donors (Lipinski definition) is 1. The van der Waals surface area contributed by atoms with Crippen molar-refractivity contribution in [3.63, 3.8) is 0 Å². The Kier molecular flexibility index (Phi) is 1.91. The monoisotopic (exact) mass is 139 g/mol. The zero-order valence-corrected chi connectivity index (χ0v) is 5.58. The first kappa shape index (κ1) is 7.07. The lowest BCUT2D eigenvalue weighted by molar-refractivity contribution is -0.146. The number of rotatable bonds is 2. The Morgan fingerprint density at radius 3 is 2.70 bits per heavy atom. The summed E-state index contributed by atoms with van der Waals surface area (Å²) in [6.45, 7) is 0. The number of carbonyl (C=O) groups is 1. The zero-order valence-electron chi connectivity index (χ0n) is 5.58. The lowest BCUT2D eigenvalue weighted by atomic mass is 9.74. The second-order valence-corrected chi connectivity index (χ2v) is 2.73. The van der Waals surface area contributed by atoms with Crippen LogP contribution in [0.2, 0.25) is 0 Å². The molecule has 0 aromatic carbocycles. The fourth-order valence-electron chi connectivity index (χ4n) is 1.23. The van der Waals surface area contributed by atoms with Crippen LogP contribution in [0.3, 0.4) is 0 Å². The molecule has 3 heteroatoms. The van der Waals surface area contributed by atoms with Gasteiger partial charge in [0.05, 0.1) is 12.0 Å². The van der Waals surface area contributed by atoms with Gasteiger partial charge in [-0.2, -0.15) is 5.26 Å². The topological polar surface area (TPSA) is 61.1 Å². The molecule has 0 heterocycles. The van der Waals surface area contributed by atoms with Crippen LogP contribution in [0.4, 0.5) is 0 Å².